The Bertz CT molecular complexity index is 928. The Hall–Kier alpha value is -2.53. The molecule has 0 radical (unpaired) electrons. The van der Waals surface area contributed by atoms with E-state index in [-0.39, 0.29) is 11.1 Å². The molecule has 0 amide bonds. The van der Waals surface area contributed by atoms with E-state index in [0.29, 0.717) is 16.2 Å². The Morgan fingerprint density at radius 3 is 2.60 bits per heavy atom. The van der Waals surface area contributed by atoms with Crippen molar-refractivity contribution in [2.24, 2.45) is 0 Å². The molecule has 1 aromatic heterocycles. The molecular formula is C14H9ClN2O3. The molecule has 0 fully saturated rings. The summed E-state index contributed by atoms with van der Waals surface area (Å²) in [6.45, 7) is 0. The van der Waals surface area contributed by atoms with Crippen LogP contribution in [-0.4, -0.2) is 14.7 Å². The third-order valence-electron chi connectivity index (χ3n) is 2.97. The maximum absolute atomic E-state index is 12.4. The van der Waals surface area contributed by atoms with Gasteiger partial charge in [0, 0.05) is 0 Å². The van der Waals surface area contributed by atoms with Gasteiger partial charge < -0.3 is 10.1 Å². The lowest BCUT2D eigenvalue weighted by Gasteiger charge is -2.08. The summed E-state index contributed by atoms with van der Waals surface area (Å²) >= 11 is 6.02. The molecule has 0 saturated carbocycles. The Morgan fingerprint density at radius 1 is 1.10 bits per heavy atom. The largest absolute Gasteiger partial charge is 0.508 e. The van der Waals surface area contributed by atoms with E-state index < -0.39 is 11.2 Å². The number of aromatic nitrogens is 2. The molecule has 3 rings (SSSR count). The van der Waals surface area contributed by atoms with E-state index in [9.17, 15) is 14.7 Å². The maximum Gasteiger partial charge on any atom is 0.333 e. The zero-order valence-electron chi connectivity index (χ0n) is 10.1. The van der Waals surface area contributed by atoms with Crippen LogP contribution in [0.1, 0.15) is 0 Å². The predicted octanol–water partition coefficient (Wildman–Crippen LogP) is 2.04. The molecular weight excluding hydrogens is 280 g/mol. The second kappa shape index (κ2) is 4.54. The van der Waals surface area contributed by atoms with Crippen molar-refractivity contribution in [2.75, 3.05) is 0 Å². The van der Waals surface area contributed by atoms with Crippen LogP contribution in [0.4, 0.5) is 0 Å². The van der Waals surface area contributed by atoms with Gasteiger partial charge in [-0.2, -0.15) is 0 Å². The van der Waals surface area contributed by atoms with Crippen LogP contribution in [0.15, 0.2) is 52.1 Å². The SMILES string of the molecule is O=c1[nH]c2ccc(O)cc2c(=O)n1-c1ccccc1Cl. The van der Waals surface area contributed by atoms with E-state index in [0.717, 1.165) is 4.57 Å². The zero-order valence-corrected chi connectivity index (χ0v) is 10.9. The van der Waals surface area contributed by atoms with Crippen molar-refractivity contribution in [2.45, 2.75) is 0 Å². The summed E-state index contributed by atoms with van der Waals surface area (Å²) in [6.07, 6.45) is 0. The summed E-state index contributed by atoms with van der Waals surface area (Å²) in [4.78, 5) is 27.1. The van der Waals surface area contributed by atoms with Gasteiger partial charge in [0.15, 0.2) is 0 Å². The molecule has 0 spiro atoms. The molecule has 0 unspecified atom stereocenters. The number of aromatic amines is 1. The summed E-state index contributed by atoms with van der Waals surface area (Å²) in [5.74, 6) is -0.0487. The fourth-order valence-electron chi connectivity index (χ4n) is 2.05. The fraction of sp³-hybridized carbons (Fsp3) is 0. The summed E-state index contributed by atoms with van der Waals surface area (Å²) < 4.78 is 0.949. The molecule has 2 aromatic carbocycles. The highest BCUT2D eigenvalue weighted by Gasteiger charge is 2.12. The minimum atomic E-state index is -0.582. The van der Waals surface area contributed by atoms with Gasteiger partial charge >= 0.3 is 5.69 Å². The molecule has 100 valence electrons. The number of rotatable bonds is 1. The topological polar surface area (TPSA) is 75.1 Å². The molecule has 0 aliphatic heterocycles. The Balaban J connectivity index is 2.46. The number of nitrogens with zero attached hydrogens (tertiary/aromatic N) is 1. The summed E-state index contributed by atoms with van der Waals surface area (Å²) in [5, 5.41) is 9.98. The molecule has 0 atom stereocenters. The Labute approximate surface area is 117 Å². The standard InChI is InChI=1S/C14H9ClN2O3/c15-10-3-1-2-4-12(10)17-13(19)9-7-8(18)5-6-11(9)16-14(17)20/h1-7,18H,(H,16,20). The number of halogens is 1. The molecule has 0 aliphatic carbocycles. The van der Waals surface area contributed by atoms with Gasteiger partial charge in [0.1, 0.15) is 5.75 Å². The van der Waals surface area contributed by atoms with Crippen LogP contribution < -0.4 is 11.2 Å². The molecule has 6 heteroatoms. The molecule has 1 heterocycles. The van der Waals surface area contributed by atoms with E-state index in [1.54, 1.807) is 24.3 Å². The second-order valence-electron chi connectivity index (χ2n) is 4.25. The van der Waals surface area contributed by atoms with Gasteiger partial charge in [0.25, 0.3) is 5.56 Å². The highest BCUT2D eigenvalue weighted by Crippen LogP contribution is 2.18. The molecule has 0 bridgehead atoms. The van der Waals surface area contributed by atoms with Gasteiger partial charge in [-0.25, -0.2) is 9.36 Å². The van der Waals surface area contributed by atoms with Crippen molar-refractivity contribution in [3.8, 4) is 11.4 Å². The van der Waals surface area contributed by atoms with Crippen molar-refractivity contribution in [1.82, 2.24) is 9.55 Å². The minimum Gasteiger partial charge on any atom is -0.508 e. The number of para-hydroxylation sites is 1. The molecule has 0 saturated heterocycles. The number of nitrogens with one attached hydrogen (secondary N) is 1. The van der Waals surface area contributed by atoms with Crippen LogP contribution in [0.5, 0.6) is 5.75 Å². The highest BCUT2D eigenvalue weighted by molar-refractivity contribution is 6.32. The monoisotopic (exact) mass is 288 g/mol. The van der Waals surface area contributed by atoms with Gasteiger partial charge in [-0.15, -0.1) is 0 Å². The summed E-state index contributed by atoms with van der Waals surface area (Å²) in [7, 11) is 0. The first-order valence-electron chi connectivity index (χ1n) is 5.81. The van der Waals surface area contributed by atoms with Crippen molar-refractivity contribution in [1.29, 1.82) is 0 Å². The maximum atomic E-state index is 12.4. The Kier molecular flexibility index (Phi) is 2.84. The highest BCUT2D eigenvalue weighted by atomic mass is 35.5. The lowest BCUT2D eigenvalue weighted by molar-refractivity contribution is 0.476. The predicted molar refractivity (Wildman–Crippen MR) is 76.8 cm³/mol. The lowest BCUT2D eigenvalue weighted by atomic mass is 10.2. The average molecular weight is 289 g/mol. The van der Waals surface area contributed by atoms with Crippen LogP contribution in [0, 0.1) is 0 Å². The first-order chi connectivity index (χ1) is 9.58. The van der Waals surface area contributed by atoms with Gasteiger partial charge in [0.2, 0.25) is 0 Å². The number of phenolic OH excluding ortho intramolecular Hbond substituents is 1. The van der Waals surface area contributed by atoms with E-state index in [1.165, 1.54) is 18.2 Å². The van der Waals surface area contributed by atoms with E-state index in [4.69, 9.17) is 11.6 Å². The number of H-pyrrole nitrogens is 1. The summed E-state index contributed by atoms with van der Waals surface area (Å²) in [6, 6.07) is 10.7. The first kappa shape index (κ1) is 12.5. The number of hydrogen-bond donors (Lipinski definition) is 2. The molecule has 20 heavy (non-hydrogen) atoms. The fourth-order valence-corrected chi connectivity index (χ4v) is 2.27. The lowest BCUT2D eigenvalue weighted by Crippen LogP contribution is -2.33. The zero-order chi connectivity index (χ0) is 14.3. The smallest absolute Gasteiger partial charge is 0.333 e. The van der Waals surface area contributed by atoms with Gasteiger partial charge in [-0.1, -0.05) is 23.7 Å². The Morgan fingerprint density at radius 2 is 1.85 bits per heavy atom. The number of aromatic hydroxyl groups is 1. The van der Waals surface area contributed by atoms with Gasteiger partial charge in [-0.05, 0) is 30.3 Å². The normalized spacial score (nSPS) is 10.8. The van der Waals surface area contributed by atoms with Crippen LogP contribution in [0.3, 0.4) is 0 Å². The molecule has 0 aliphatic rings. The molecule has 3 aromatic rings. The van der Waals surface area contributed by atoms with Crippen LogP contribution in [0.2, 0.25) is 5.02 Å². The second-order valence-corrected chi connectivity index (χ2v) is 4.66. The van der Waals surface area contributed by atoms with Gasteiger partial charge in [-0.3, -0.25) is 4.79 Å². The number of hydrogen-bond acceptors (Lipinski definition) is 3. The number of phenols is 1. The van der Waals surface area contributed by atoms with E-state index in [1.807, 2.05) is 0 Å². The van der Waals surface area contributed by atoms with E-state index in [2.05, 4.69) is 4.98 Å². The van der Waals surface area contributed by atoms with Crippen LogP contribution in [0.25, 0.3) is 16.6 Å². The average Bonchev–Trinajstić information content (AvgIpc) is 2.42. The molecule has 5 nitrogen and oxygen atoms in total. The van der Waals surface area contributed by atoms with Crippen molar-refractivity contribution in [3.05, 3.63) is 68.3 Å². The first-order valence-corrected chi connectivity index (χ1v) is 6.19. The van der Waals surface area contributed by atoms with Crippen LogP contribution in [-0.2, 0) is 0 Å². The van der Waals surface area contributed by atoms with Crippen LogP contribution >= 0.6 is 11.6 Å². The van der Waals surface area contributed by atoms with Gasteiger partial charge in [0.05, 0.1) is 21.6 Å². The van der Waals surface area contributed by atoms with Crippen molar-refractivity contribution >= 4 is 22.5 Å². The summed E-state index contributed by atoms with van der Waals surface area (Å²) in [5.41, 5.74) is -0.458. The number of fused-ring (bicyclic) bond motifs is 1. The quantitative estimate of drug-likeness (QED) is 0.719. The number of benzene rings is 2. The molecule has 2 N–H and O–H groups in total. The van der Waals surface area contributed by atoms with Crippen molar-refractivity contribution in [3.63, 3.8) is 0 Å². The minimum absolute atomic E-state index is 0.0487. The van der Waals surface area contributed by atoms with Crippen molar-refractivity contribution < 1.29 is 5.11 Å². The third-order valence-corrected chi connectivity index (χ3v) is 3.29. The third kappa shape index (κ3) is 1.88. The van der Waals surface area contributed by atoms with E-state index >= 15 is 0 Å².